The molecule has 5 rings (SSSR count). The van der Waals surface area contributed by atoms with Crippen LogP contribution in [0.2, 0.25) is 0 Å². The van der Waals surface area contributed by atoms with Crippen molar-refractivity contribution >= 4 is 16.9 Å². The Morgan fingerprint density at radius 1 is 1.11 bits per heavy atom. The highest BCUT2D eigenvalue weighted by Gasteiger charge is 2.25. The summed E-state index contributed by atoms with van der Waals surface area (Å²) in [6.45, 7) is 2.62. The van der Waals surface area contributed by atoms with E-state index in [1.165, 1.54) is 5.56 Å². The fraction of sp³-hybridized carbons (Fsp3) is 0.286. The summed E-state index contributed by atoms with van der Waals surface area (Å²) in [5.74, 6) is 1.23. The lowest BCUT2D eigenvalue weighted by molar-refractivity contribution is 0.0737. The maximum atomic E-state index is 13.4. The van der Waals surface area contributed by atoms with Crippen molar-refractivity contribution < 1.29 is 23.4 Å². The Morgan fingerprint density at radius 2 is 2.06 bits per heavy atom. The number of ether oxygens (including phenoxy) is 3. The summed E-state index contributed by atoms with van der Waals surface area (Å²) < 4.78 is 22.8. The Kier molecular flexibility index (Phi) is 6.95. The first-order valence-corrected chi connectivity index (χ1v) is 11.7. The molecule has 7 heteroatoms. The molecule has 1 aliphatic rings. The summed E-state index contributed by atoms with van der Waals surface area (Å²) in [5.41, 5.74) is 3.43. The molecule has 1 atom stereocenters. The molecule has 7 nitrogen and oxygen atoms in total. The van der Waals surface area contributed by atoms with Gasteiger partial charge in [-0.3, -0.25) is 9.78 Å². The zero-order valence-electron chi connectivity index (χ0n) is 19.7. The first-order valence-electron chi connectivity index (χ1n) is 11.7. The van der Waals surface area contributed by atoms with Gasteiger partial charge in [0, 0.05) is 36.2 Å². The number of rotatable bonds is 7. The van der Waals surface area contributed by atoms with E-state index in [1.807, 2.05) is 29.2 Å². The van der Waals surface area contributed by atoms with E-state index in [4.69, 9.17) is 18.6 Å². The monoisotopic (exact) mass is 472 g/mol. The molecule has 180 valence electrons. The van der Waals surface area contributed by atoms with Crippen LogP contribution in [-0.4, -0.2) is 49.2 Å². The number of fused-ring (bicyclic) bond motifs is 1. The van der Waals surface area contributed by atoms with Crippen LogP contribution in [0.1, 0.15) is 21.6 Å². The normalized spacial score (nSPS) is 16.1. The molecule has 1 aliphatic heterocycles. The molecule has 2 aromatic heterocycles. The Balaban J connectivity index is 1.27. The molecule has 4 aromatic rings. The van der Waals surface area contributed by atoms with Crippen molar-refractivity contribution in [2.24, 2.45) is 5.92 Å². The molecule has 0 radical (unpaired) electrons. The van der Waals surface area contributed by atoms with E-state index in [2.05, 4.69) is 23.2 Å². The molecule has 1 fully saturated rings. The quantitative estimate of drug-likeness (QED) is 0.387. The standard InChI is InChI=1S/C28H28N2O5/c1-32-27-16-23(7-8-25(27)35-19-24-4-2-3-10-29-24)28(31)30-11-13-33-18-21(17-30)14-20-5-6-22-9-12-34-26(22)15-20/h2-10,12,15-16,21H,11,13-14,17-19H2,1H3/t21-/m0/s1. The number of carbonyl (C=O) groups excluding carboxylic acids is 1. The van der Waals surface area contributed by atoms with E-state index in [0.717, 1.165) is 23.1 Å². The Hall–Kier alpha value is -3.84. The van der Waals surface area contributed by atoms with E-state index in [9.17, 15) is 4.79 Å². The van der Waals surface area contributed by atoms with Gasteiger partial charge in [0.1, 0.15) is 12.2 Å². The van der Waals surface area contributed by atoms with Crippen LogP contribution in [0.5, 0.6) is 11.5 Å². The maximum Gasteiger partial charge on any atom is 0.254 e. The molecule has 2 aromatic carbocycles. The summed E-state index contributed by atoms with van der Waals surface area (Å²) in [6, 6.07) is 19.2. The Bertz CT molecular complexity index is 1290. The maximum absolute atomic E-state index is 13.4. The first-order chi connectivity index (χ1) is 17.2. The van der Waals surface area contributed by atoms with Gasteiger partial charge in [-0.25, -0.2) is 0 Å². The smallest absolute Gasteiger partial charge is 0.254 e. The predicted octanol–water partition coefficient (Wildman–Crippen LogP) is 4.75. The fourth-order valence-corrected chi connectivity index (χ4v) is 4.39. The van der Waals surface area contributed by atoms with Crippen LogP contribution in [0.15, 0.2) is 77.5 Å². The van der Waals surface area contributed by atoms with Crippen LogP contribution in [0.4, 0.5) is 0 Å². The van der Waals surface area contributed by atoms with Crippen LogP contribution in [-0.2, 0) is 17.8 Å². The minimum Gasteiger partial charge on any atom is -0.493 e. The van der Waals surface area contributed by atoms with Gasteiger partial charge in [0.25, 0.3) is 5.91 Å². The van der Waals surface area contributed by atoms with E-state index < -0.39 is 0 Å². The molecule has 3 heterocycles. The number of pyridine rings is 1. The van der Waals surface area contributed by atoms with Crippen molar-refractivity contribution in [3.8, 4) is 11.5 Å². The lowest BCUT2D eigenvalue weighted by atomic mass is 9.98. The van der Waals surface area contributed by atoms with Crippen LogP contribution < -0.4 is 9.47 Å². The number of aromatic nitrogens is 1. The van der Waals surface area contributed by atoms with E-state index in [0.29, 0.717) is 50.0 Å². The van der Waals surface area contributed by atoms with Crippen molar-refractivity contribution in [3.63, 3.8) is 0 Å². The third kappa shape index (κ3) is 5.46. The van der Waals surface area contributed by atoms with Crippen molar-refractivity contribution in [2.45, 2.75) is 13.0 Å². The van der Waals surface area contributed by atoms with Gasteiger partial charge in [-0.15, -0.1) is 0 Å². The number of nitrogens with zero attached hydrogens (tertiary/aromatic N) is 2. The predicted molar refractivity (Wildman–Crippen MR) is 132 cm³/mol. The second-order valence-corrected chi connectivity index (χ2v) is 8.66. The SMILES string of the molecule is COc1cc(C(=O)N2CCOC[C@@H](Cc3ccc4ccoc4c3)C2)ccc1OCc1ccccn1. The average molecular weight is 473 g/mol. The summed E-state index contributed by atoms with van der Waals surface area (Å²) in [7, 11) is 1.57. The number of hydrogen-bond donors (Lipinski definition) is 0. The van der Waals surface area contributed by atoms with Gasteiger partial charge in [-0.05, 0) is 54.4 Å². The highest BCUT2D eigenvalue weighted by atomic mass is 16.5. The summed E-state index contributed by atoms with van der Waals surface area (Å²) in [6.07, 6.45) is 4.24. The van der Waals surface area contributed by atoms with Gasteiger partial charge >= 0.3 is 0 Å². The minimum atomic E-state index is -0.0448. The van der Waals surface area contributed by atoms with Gasteiger partial charge in [0.05, 0.1) is 32.3 Å². The molecule has 0 unspecified atom stereocenters. The molecule has 0 N–H and O–H groups in total. The average Bonchev–Trinajstić information content (AvgIpc) is 3.24. The molecule has 0 bridgehead atoms. The molecule has 0 saturated carbocycles. The molecule has 0 spiro atoms. The molecule has 1 amide bonds. The van der Waals surface area contributed by atoms with Crippen LogP contribution in [0.3, 0.4) is 0 Å². The summed E-state index contributed by atoms with van der Waals surface area (Å²) in [4.78, 5) is 19.5. The van der Waals surface area contributed by atoms with Crippen LogP contribution in [0.25, 0.3) is 11.0 Å². The van der Waals surface area contributed by atoms with Crippen molar-refractivity contribution in [2.75, 3.05) is 33.4 Å². The van der Waals surface area contributed by atoms with Gasteiger partial charge < -0.3 is 23.5 Å². The minimum absolute atomic E-state index is 0.0448. The second-order valence-electron chi connectivity index (χ2n) is 8.66. The third-order valence-electron chi connectivity index (χ3n) is 6.18. The van der Waals surface area contributed by atoms with E-state index in [-0.39, 0.29) is 11.8 Å². The number of amides is 1. The number of benzene rings is 2. The van der Waals surface area contributed by atoms with Gasteiger partial charge in [0.2, 0.25) is 0 Å². The molecular formula is C28H28N2O5. The number of furan rings is 1. The summed E-state index contributed by atoms with van der Waals surface area (Å²) >= 11 is 0. The largest absolute Gasteiger partial charge is 0.493 e. The van der Waals surface area contributed by atoms with Crippen molar-refractivity contribution in [3.05, 3.63) is 89.9 Å². The summed E-state index contributed by atoms with van der Waals surface area (Å²) in [5, 5.41) is 1.09. The van der Waals surface area contributed by atoms with E-state index in [1.54, 1.807) is 37.8 Å². The van der Waals surface area contributed by atoms with Crippen molar-refractivity contribution in [1.29, 1.82) is 0 Å². The third-order valence-corrected chi connectivity index (χ3v) is 6.18. The van der Waals surface area contributed by atoms with Gasteiger partial charge in [-0.2, -0.15) is 0 Å². The number of hydrogen-bond acceptors (Lipinski definition) is 6. The zero-order valence-corrected chi connectivity index (χ0v) is 19.7. The van der Waals surface area contributed by atoms with Gasteiger partial charge in [-0.1, -0.05) is 18.2 Å². The number of methoxy groups -OCH3 is 1. The van der Waals surface area contributed by atoms with Crippen LogP contribution >= 0.6 is 0 Å². The highest BCUT2D eigenvalue weighted by Crippen LogP contribution is 2.30. The van der Waals surface area contributed by atoms with Gasteiger partial charge in [0.15, 0.2) is 11.5 Å². The molecule has 35 heavy (non-hydrogen) atoms. The lowest BCUT2D eigenvalue weighted by Gasteiger charge is -2.24. The lowest BCUT2D eigenvalue weighted by Crippen LogP contribution is -2.36. The Labute approximate surface area is 204 Å². The highest BCUT2D eigenvalue weighted by molar-refractivity contribution is 5.95. The second kappa shape index (κ2) is 10.6. The van der Waals surface area contributed by atoms with Crippen molar-refractivity contribution in [1.82, 2.24) is 9.88 Å². The zero-order chi connectivity index (χ0) is 24.0. The Morgan fingerprint density at radius 3 is 2.91 bits per heavy atom. The molecular weight excluding hydrogens is 444 g/mol. The number of carbonyl (C=O) groups is 1. The van der Waals surface area contributed by atoms with Crippen LogP contribution in [0, 0.1) is 5.92 Å². The van der Waals surface area contributed by atoms with E-state index >= 15 is 0 Å². The topological polar surface area (TPSA) is 74.0 Å². The first kappa shape index (κ1) is 22.9. The fourth-order valence-electron chi connectivity index (χ4n) is 4.39. The molecule has 1 saturated heterocycles. The molecule has 0 aliphatic carbocycles.